The Morgan fingerprint density at radius 3 is 2.28 bits per heavy atom. The van der Waals surface area contributed by atoms with Gasteiger partial charge in [0.15, 0.2) is 0 Å². The number of carboxylic acids is 2. The van der Waals surface area contributed by atoms with E-state index in [0.29, 0.717) is 13.0 Å². The second-order valence-electron chi connectivity index (χ2n) is 6.49. The van der Waals surface area contributed by atoms with Crippen LogP contribution in [-0.4, -0.2) is 77.0 Å². The zero-order valence-corrected chi connectivity index (χ0v) is 15.6. The van der Waals surface area contributed by atoms with Gasteiger partial charge in [-0.25, -0.2) is 4.79 Å². The van der Waals surface area contributed by atoms with Crippen LogP contribution in [0.5, 0.6) is 0 Å². The van der Waals surface area contributed by atoms with Gasteiger partial charge in [-0.1, -0.05) is 0 Å². The summed E-state index contributed by atoms with van der Waals surface area (Å²) in [6, 6.07) is -3.48. The van der Waals surface area contributed by atoms with Crippen molar-refractivity contribution in [2.75, 3.05) is 13.1 Å². The molecule has 0 aromatic heterocycles. The Kier molecular flexibility index (Phi) is 9.51. The normalized spacial score (nSPS) is 17.6. The van der Waals surface area contributed by atoms with Crippen molar-refractivity contribution in [3.8, 4) is 0 Å². The largest absolute Gasteiger partial charge is 0.481 e. The van der Waals surface area contributed by atoms with E-state index in [2.05, 4.69) is 21.3 Å². The van der Waals surface area contributed by atoms with E-state index in [9.17, 15) is 28.8 Å². The van der Waals surface area contributed by atoms with Gasteiger partial charge in [-0.2, -0.15) is 0 Å². The lowest BCUT2D eigenvalue weighted by atomic mass is 10.1. The van der Waals surface area contributed by atoms with Crippen LogP contribution in [0.25, 0.3) is 0 Å². The number of rotatable bonds is 12. The van der Waals surface area contributed by atoms with Crippen LogP contribution in [0, 0.1) is 0 Å². The van der Waals surface area contributed by atoms with Crippen LogP contribution in [0.3, 0.4) is 0 Å². The van der Waals surface area contributed by atoms with E-state index in [-0.39, 0.29) is 12.8 Å². The number of nitrogens with two attached hydrogens (primary N) is 1. The van der Waals surface area contributed by atoms with Gasteiger partial charge in [-0.05, 0) is 25.8 Å². The molecule has 1 aliphatic rings. The summed E-state index contributed by atoms with van der Waals surface area (Å²) in [6.07, 6.45) is 0.0336. The first-order valence-electron chi connectivity index (χ1n) is 8.94. The summed E-state index contributed by atoms with van der Waals surface area (Å²) < 4.78 is 0. The Morgan fingerprint density at radius 2 is 1.76 bits per heavy atom. The lowest BCUT2D eigenvalue weighted by Gasteiger charge is -2.20. The summed E-state index contributed by atoms with van der Waals surface area (Å²) in [7, 11) is 0. The number of carbonyl (C=O) groups is 6. The molecular formula is C16H25N5O8. The smallest absolute Gasteiger partial charge is 0.326 e. The zero-order valence-electron chi connectivity index (χ0n) is 15.6. The molecule has 0 radical (unpaired) electrons. The summed E-state index contributed by atoms with van der Waals surface area (Å²) in [5.74, 6) is -5.89. The van der Waals surface area contributed by atoms with Gasteiger partial charge in [-0.15, -0.1) is 0 Å². The first-order chi connectivity index (χ1) is 13.6. The second-order valence-corrected chi connectivity index (χ2v) is 6.49. The number of nitrogens with one attached hydrogen (secondary N) is 4. The predicted octanol–water partition coefficient (Wildman–Crippen LogP) is -3.35. The van der Waals surface area contributed by atoms with Crippen molar-refractivity contribution in [1.29, 1.82) is 0 Å². The van der Waals surface area contributed by atoms with Crippen LogP contribution in [0.4, 0.5) is 0 Å². The fourth-order valence-electron chi connectivity index (χ4n) is 2.64. The molecule has 13 heteroatoms. The topological polar surface area (TPSA) is 217 Å². The highest BCUT2D eigenvalue weighted by Gasteiger charge is 2.29. The van der Waals surface area contributed by atoms with E-state index >= 15 is 0 Å². The Morgan fingerprint density at radius 1 is 1.07 bits per heavy atom. The van der Waals surface area contributed by atoms with Crippen LogP contribution < -0.4 is 27.0 Å². The minimum Gasteiger partial charge on any atom is -0.481 e. The van der Waals surface area contributed by atoms with E-state index in [1.165, 1.54) is 0 Å². The van der Waals surface area contributed by atoms with Crippen LogP contribution in [-0.2, 0) is 28.8 Å². The van der Waals surface area contributed by atoms with Crippen LogP contribution in [0.2, 0.25) is 0 Å². The number of hydrogen-bond acceptors (Lipinski definition) is 7. The number of carboxylic acid groups (broad SMARTS) is 2. The molecule has 0 saturated carbocycles. The van der Waals surface area contributed by atoms with E-state index in [1.54, 1.807) is 0 Å². The maximum atomic E-state index is 12.3. The highest BCUT2D eigenvalue weighted by Crippen LogP contribution is 2.04. The molecule has 4 amide bonds. The SMILES string of the molecule is NC(=O)CCC(NC(=O)C(CC(=O)O)NC(=O)CNC(=O)C1CCCN1)C(=O)O. The molecule has 1 saturated heterocycles. The van der Waals surface area contributed by atoms with E-state index in [4.69, 9.17) is 15.9 Å². The van der Waals surface area contributed by atoms with E-state index in [1.807, 2.05) is 0 Å². The van der Waals surface area contributed by atoms with E-state index in [0.717, 1.165) is 6.42 Å². The Bertz CT molecular complexity index is 662. The van der Waals surface area contributed by atoms with E-state index < -0.39 is 66.7 Å². The molecule has 0 bridgehead atoms. The van der Waals surface area contributed by atoms with Crippen molar-refractivity contribution in [1.82, 2.24) is 21.3 Å². The minimum atomic E-state index is -1.57. The third-order valence-corrected chi connectivity index (χ3v) is 4.12. The van der Waals surface area contributed by atoms with Gasteiger partial charge in [0, 0.05) is 6.42 Å². The molecule has 0 aliphatic carbocycles. The second kappa shape index (κ2) is 11.6. The van der Waals surface area contributed by atoms with Gasteiger partial charge in [0.1, 0.15) is 12.1 Å². The molecule has 0 aromatic carbocycles. The quantitative estimate of drug-likeness (QED) is 0.169. The summed E-state index contributed by atoms with van der Waals surface area (Å²) in [5.41, 5.74) is 4.95. The third kappa shape index (κ3) is 9.01. The molecule has 162 valence electrons. The maximum Gasteiger partial charge on any atom is 0.326 e. The summed E-state index contributed by atoms with van der Waals surface area (Å²) >= 11 is 0. The standard InChI is InChI=1S/C16H25N5O8/c17-11(22)4-3-9(16(28)29)21-15(27)10(6-13(24)25)20-12(23)7-19-14(26)8-2-1-5-18-8/h8-10,18H,1-7H2,(H2,17,22)(H,19,26)(H,20,23)(H,21,27)(H,24,25)(H,28,29). The first kappa shape index (κ1) is 23.8. The van der Waals surface area contributed by atoms with Crippen molar-refractivity contribution in [3.05, 3.63) is 0 Å². The molecule has 1 rings (SSSR count). The molecule has 3 atom stereocenters. The zero-order chi connectivity index (χ0) is 22.0. The lowest BCUT2D eigenvalue weighted by molar-refractivity contribution is -0.143. The van der Waals surface area contributed by atoms with Gasteiger partial charge in [-0.3, -0.25) is 24.0 Å². The van der Waals surface area contributed by atoms with Crippen molar-refractivity contribution >= 4 is 35.6 Å². The monoisotopic (exact) mass is 415 g/mol. The molecule has 1 heterocycles. The van der Waals surface area contributed by atoms with Crippen molar-refractivity contribution in [2.24, 2.45) is 5.73 Å². The van der Waals surface area contributed by atoms with Gasteiger partial charge < -0.3 is 37.2 Å². The fraction of sp³-hybridized carbons (Fsp3) is 0.625. The molecule has 13 nitrogen and oxygen atoms in total. The highest BCUT2D eigenvalue weighted by atomic mass is 16.4. The molecular weight excluding hydrogens is 390 g/mol. The average Bonchev–Trinajstić information content (AvgIpc) is 3.16. The van der Waals surface area contributed by atoms with Crippen molar-refractivity contribution in [2.45, 2.75) is 50.2 Å². The van der Waals surface area contributed by atoms with Gasteiger partial charge >= 0.3 is 11.9 Å². The summed E-state index contributed by atoms with van der Waals surface area (Å²) in [4.78, 5) is 69.1. The van der Waals surface area contributed by atoms with Crippen molar-refractivity contribution in [3.63, 3.8) is 0 Å². The van der Waals surface area contributed by atoms with Gasteiger partial charge in [0.2, 0.25) is 23.6 Å². The number of primary amides is 1. The molecule has 0 spiro atoms. The fourth-order valence-corrected chi connectivity index (χ4v) is 2.64. The molecule has 3 unspecified atom stereocenters. The Hall–Kier alpha value is -3.22. The number of aliphatic carboxylic acids is 2. The summed E-state index contributed by atoms with van der Waals surface area (Å²) in [5, 5.41) is 27.6. The Balaban J connectivity index is 2.63. The molecule has 1 fully saturated rings. The number of hydrogen-bond donors (Lipinski definition) is 7. The highest BCUT2D eigenvalue weighted by molar-refractivity contribution is 5.94. The first-order valence-corrected chi connectivity index (χ1v) is 8.94. The number of carbonyl (C=O) groups excluding carboxylic acids is 4. The van der Waals surface area contributed by atoms with Crippen molar-refractivity contribution < 1.29 is 39.0 Å². The van der Waals surface area contributed by atoms with Crippen LogP contribution in [0.15, 0.2) is 0 Å². The van der Waals surface area contributed by atoms with Crippen LogP contribution >= 0.6 is 0 Å². The molecule has 8 N–H and O–H groups in total. The third-order valence-electron chi connectivity index (χ3n) is 4.12. The lowest BCUT2D eigenvalue weighted by Crippen LogP contribution is -2.54. The number of amides is 4. The minimum absolute atomic E-state index is 0.297. The maximum absolute atomic E-state index is 12.3. The summed E-state index contributed by atoms with van der Waals surface area (Å²) in [6.45, 7) is 0.204. The molecule has 0 aromatic rings. The van der Waals surface area contributed by atoms with Gasteiger partial charge in [0.05, 0.1) is 19.0 Å². The molecule has 29 heavy (non-hydrogen) atoms. The predicted molar refractivity (Wildman–Crippen MR) is 96.2 cm³/mol. The molecule has 1 aliphatic heterocycles. The average molecular weight is 415 g/mol. The Labute approximate surface area is 165 Å². The van der Waals surface area contributed by atoms with Crippen LogP contribution in [0.1, 0.15) is 32.1 Å². The van der Waals surface area contributed by atoms with Gasteiger partial charge in [0.25, 0.3) is 0 Å².